The maximum Gasteiger partial charge on any atom is 0.302 e. The summed E-state index contributed by atoms with van der Waals surface area (Å²) in [6.07, 6.45) is 6.06. The Bertz CT molecular complexity index is 1960. The summed E-state index contributed by atoms with van der Waals surface area (Å²) in [6.45, 7) is 13.3. The zero-order valence-electron chi connectivity index (χ0n) is 34.4. The molecule has 1 saturated carbocycles. The number of phenols is 1. The van der Waals surface area contributed by atoms with Crippen molar-refractivity contribution in [3.63, 3.8) is 0 Å². The van der Waals surface area contributed by atoms with Crippen molar-refractivity contribution in [2.24, 2.45) is 28.7 Å². The topological polar surface area (TPSA) is 209 Å². The van der Waals surface area contributed by atoms with Crippen LogP contribution in [0.2, 0.25) is 0 Å². The summed E-state index contributed by atoms with van der Waals surface area (Å²) in [6, 6.07) is 0. The Balaban J connectivity index is 1.47. The molecule has 3 aliphatic heterocycles. The molecular weight excluding hydrogens is 732 g/mol. The lowest BCUT2D eigenvalue weighted by atomic mass is 9.78. The number of ether oxygens (including phenoxy) is 4. The van der Waals surface area contributed by atoms with Gasteiger partial charge in [0.15, 0.2) is 0 Å². The molecule has 5 bridgehead atoms. The van der Waals surface area contributed by atoms with Crippen LogP contribution in [0.4, 0.5) is 0 Å². The molecule has 0 aromatic heterocycles. The van der Waals surface area contributed by atoms with Crippen molar-refractivity contribution >= 4 is 29.1 Å². The van der Waals surface area contributed by atoms with E-state index in [4.69, 9.17) is 23.9 Å². The van der Waals surface area contributed by atoms with Gasteiger partial charge in [-0.1, -0.05) is 52.3 Å². The lowest BCUT2D eigenvalue weighted by molar-refractivity contribution is -0.163. The summed E-state index contributed by atoms with van der Waals surface area (Å²) in [4.78, 5) is 46.0. The van der Waals surface area contributed by atoms with Gasteiger partial charge in [-0.05, 0) is 46.0 Å². The molecule has 14 heteroatoms. The molecule has 9 atom stereocenters. The number of methoxy groups -OCH3 is 1. The van der Waals surface area contributed by atoms with E-state index in [0.717, 1.165) is 19.3 Å². The van der Waals surface area contributed by atoms with E-state index >= 15 is 0 Å². The number of allylic oxidation sites excluding steroid dienone is 4. The number of carbonyl (C=O) groups excluding carboxylic acids is 3. The number of ketones is 1. The van der Waals surface area contributed by atoms with Crippen molar-refractivity contribution in [1.29, 1.82) is 5.41 Å². The van der Waals surface area contributed by atoms with Gasteiger partial charge in [0.25, 0.3) is 11.7 Å². The molecule has 57 heavy (non-hydrogen) atoms. The summed E-state index contributed by atoms with van der Waals surface area (Å²) in [5.74, 6) is -5.64. The van der Waals surface area contributed by atoms with Crippen molar-refractivity contribution in [3.05, 3.63) is 57.4 Å². The number of benzene rings is 1. The Morgan fingerprint density at radius 1 is 0.982 bits per heavy atom. The van der Waals surface area contributed by atoms with E-state index in [2.05, 4.69) is 10.6 Å². The highest BCUT2D eigenvalue weighted by molar-refractivity contribution is 6.34. The van der Waals surface area contributed by atoms with Crippen molar-refractivity contribution in [2.45, 2.75) is 130 Å². The van der Waals surface area contributed by atoms with E-state index < -0.39 is 77.2 Å². The fourth-order valence-electron chi connectivity index (χ4n) is 9.11. The zero-order chi connectivity index (χ0) is 41.7. The van der Waals surface area contributed by atoms with Crippen LogP contribution < -0.4 is 15.4 Å². The Labute approximate surface area is 334 Å². The quantitative estimate of drug-likeness (QED) is 0.222. The Hall–Kier alpha value is -4.37. The number of carbonyl (C=O) groups is 3. The highest BCUT2D eigenvalue weighted by Gasteiger charge is 2.52. The van der Waals surface area contributed by atoms with Crippen molar-refractivity contribution in [3.8, 4) is 11.5 Å². The minimum atomic E-state index is -1.64. The number of rotatable bonds is 2. The second-order valence-corrected chi connectivity index (χ2v) is 16.7. The molecule has 2 aliphatic carbocycles. The van der Waals surface area contributed by atoms with E-state index in [0.29, 0.717) is 24.3 Å². The number of Topliss-reactive ketones (excluding diaryl/α,β-unsaturated/α-hetero) is 1. The molecule has 14 nitrogen and oxygen atoms in total. The molecule has 310 valence electrons. The average molecular weight is 791 g/mol. The second-order valence-electron chi connectivity index (χ2n) is 16.7. The highest BCUT2D eigenvalue weighted by atomic mass is 16.7. The van der Waals surface area contributed by atoms with Crippen LogP contribution in [0, 0.1) is 36.0 Å². The molecule has 6 rings (SSSR count). The van der Waals surface area contributed by atoms with Gasteiger partial charge in [0.05, 0.1) is 47.5 Å². The van der Waals surface area contributed by atoms with Gasteiger partial charge < -0.3 is 44.9 Å². The van der Waals surface area contributed by atoms with Crippen LogP contribution in [0.25, 0.3) is 0 Å². The fourth-order valence-corrected chi connectivity index (χ4v) is 9.11. The summed E-state index contributed by atoms with van der Waals surface area (Å²) >= 11 is 0. The number of hydrogen-bond donors (Lipinski definition) is 6. The maximum absolute atomic E-state index is 14.6. The van der Waals surface area contributed by atoms with Gasteiger partial charge in [-0.15, -0.1) is 0 Å². The van der Waals surface area contributed by atoms with Gasteiger partial charge in [0, 0.05) is 61.3 Å². The van der Waals surface area contributed by atoms with Gasteiger partial charge in [-0.2, -0.15) is 0 Å². The number of aromatic hydroxyl groups is 1. The molecule has 1 fully saturated rings. The molecule has 0 radical (unpaired) electrons. The van der Waals surface area contributed by atoms with Gasteiger partial charge in [0.2, 0.25) is 5.78 Å². The number of hydrogen-bond acceptors (Lipinski definition) is 13. The number of nitrogens with one attached hydrogen (secondary N) is 3. The predicted molar refractivity (Wildman–Crippen MR) is 212 cm³/mol. The number of esters is 1. The third kappa shape index (κ3) is 7.57. The minimum Gasteiger partial charge on any atom is -0.507 e. The Morgan fingerprint density at radius 3 is 2.32 bits per heavy atom. The largest absolute Gasteiger partial charge is 0.507 e. The molecule has 3 heterocycles. The second kappa shape index (κ2) is 16.1. The van der Waals surface area contributed by atoms with E-state index in [-0.39, 0.29) is 63.8 Å². The van der Waals surface area contributed by atoms with Crippen molar-refractivity contribution < 1.29 is 48.7 Å². The van der Waals surface area contributed by atoms with Gasteiger partial charge in [-0.25, -0.2) is 0 Å². The molecular formula is C43H58N4O10. The van der Waals surface area contributed by atoms with Crippen LogP contribution in [0.15, 0.2) is 40.2 Å². The Kier molecular flexibility index (Phi) is 11.9. The highest BCUT2D eigenvalue weighted by Crippen LogP contribution is 2.50. The van der Waals surface area contributed by atoms with Crippen LogP contribution in [0.1, 0.15) is 114 Å². The maximum atomic E-state index is 14.6. The molecule has 0 unspecified atom stereocenters. The van der Waals surface area contributed by atoms with Crippen LogP contribution in [-0.4, -0.2) is 94.0 Å². The normalized spacial score (nSPS) is 34.8. The zero-order valence-corrected chi connectivity index (χ0v) is 34.4. The molecule has 1 aromatic rings. The van der Waals surface area contributed by atoms with Crippen LogP contribution >= 0.6 is 0 Å². The molecule has 0 saturated heterocycles. The van der Waals surface area contributed by atoms with Crippen molar-refractivity contribution in [2.75, 3.05) is 13.7 Å². The fraction of sp³-hybridized carbons (Fsp3) is 0.605. The predicted octanol–water partition coefficient (Wildman–Crippen LogP) is 4.89. The average Bonchev–Trinajstić information content (AvgIpc) is 3.67. The van der Waals surface area contributed by atoms with Crippen LogP contribution in [0.3, 0.4) is 0 Å². The summed E-state index contributed by atoms with van der Waals surface area (Å²) in [5.41, 5.74) is 0.794. The first kappa shape index (κ1) is 42.2. The Morgan fingerprint density at radius 2 is 1.67 bits per heavy atom. The minimum absolute atomic E-state index is 0.0321. The van der Waals surface area contributed by atoms with E-state index in [1.54, 1.807) is 59.8 Å². The summed E-state index contributed by atoms with van der Waals surface area (Å²) < 4.78 is 24.5. The van der Waals surface area contributed by atoms with Gasteiger partial charge in [-0.3, -0.25) is 24.8 Å². The summed E-state index contributed by atoms with van der Waals surface area (Å²) in [5, 5.41) is 50.5. The van der Waals surface area contributed by atoms with Crippen molar-refractivity contribution in [1.82, 2.24) is 10.6 Å². The van der Waals surface area contributed by atoms with E-state index in [9.17, 15) is 35.1 Å². The van der Waals surface area contributed by atoms with E-state index in [1.807, 2.05) is 6.92 Å². The first-order valence-electron chi connectivity index (χ1n) is 20.1. The number of aliphatic hydroxyl groups excluding tert-OH is 2. The lowest BCUT2D eigenvalue weighted by Gasteiger charge is -2.38. The third-order valence-corrected chi connectivity index (χ3v) is 12.7. The van der Waals surface area contributed by atoms with Gasteiger partial charge >= 0.3 is 5.97 Å². The number of amides is 1. The molecule has 1 aromatic carbocycles. The monoisotopic (exact) mass is 790 g/mol. The number of aliphatic hydroxyl groups is 2. The first-order chi connectivity index (χ1) is 26.9. The molecule has 5 aliphatic rings. The standard InChI is InChI=1S/C43H58N4O10/c1-20-14-13-15-21(2)41(53)45-33-32-31(46-43(47-32)17-11-10-12-18-43)28-29(37(33)52)36(51)25(6)39-30(28)40(44)42(8,57-39)55-19-16-27(54-9)22(3)38(56-26(7)48)24(5)35(50)23(4)34(20)49/h13-15,20,22-24,27,34-35,38,44,47,49-51H,10-12,16-19H2,1-9H3,(H,45,53)/b14-13+,21-15-,44-40?/t20-,22+,23+,24+,27-,34-,35+,38+,42-/m0/s1. The van der Waals surface area contributed by atoms with Gasteiger partial charge in [0.1, 0.15) is 34.7 Å². The first-order valence-corrected chi connectivity index (χ1v) is 20.1. The molecule has 1 amide bonds. The molecule has 6 N–H and O–H groups in total. The van der Waals surface area contributed by atoms with Crippen LogP contribution in [-0.2, 0) is 23.8 Å². The number of phenolic OH excluding ortho intramolecular Hbond substituents is 1. The third-order valence-electron chi connectivity index (χ3n) is 12.7. The van der Waals surface area contributed by atoms with E-state index in [1.165, 1.54) is 14.0 Å². The smallest absolute Gasteiger partial charge is 0.302 e. The SMILES string of the molecule is CO[C@H]1CCO[C@@]2(C)Oc3c(C)c(O)c4c(c3C2=N)C2=NC3(CCCCC3)NC2=C(NC(=O)/C(C)=C\C=C\[C@H](C)[C@H](O)[C@@H](C)[C@@H](O)[C@@H](C)[C@H](OC(C)=O)[C@@H]1C)C4=O. The number of fused-ring (bicyclic) bond motifs is 3. The number of nitrogens with zero attached hydrogens (tertiary/aromatic N) is 1. The molecule has 1 spiro atoms. The van der Waals surface area contributed by atoms with Crippen LogP contribution in [0.5, 0.6) is 11.5 Å². The summed E-state index contributed by atoms with van der Waals surface area (Å²) in [7, 11) is 1.54. The number of aliphatic imine (C=N–C) groups is 1. The lowest BCUT2D eigenvalue weighted by Crippen LogP contribution is -2.47.